The Kier molecular flexibility index (Phi) is 6.13. The molecule has 1 unspecified atom stereocenters. The summed E-state index contributed by atoms with van der Waals surface area (Å²) in [5.74, 6) is 6.67. The van der Waals surface area contributed by atoms with Crippen LogP contribution in [0.1, 0.15) is 32.3 Å². The zero-order valence-electron chi connectivity index (χ0n) is 10.4. The van der Waals surface area contributed by atoms with Crippen LogP contribution in [0, 0.1) is 17.8 Å². The van der Waals surface area contributed by atoms with E-state index in [0.29, 0.717) is 12.5 Å². The largest absolute Gasteiger partial charge is 0.492 e. The molecule has 1 atom stereocenters. The van der Waals surface area contributed by atoms with E-state index in [9.17, 15) is 0 Å². The zero-order chi connectivity index (χ0) is 12.5. The van der Waals surface area contributed by atoms with Crippen LogP contribution in [0.2, 0.25) is 0 Å². The standard InChI is InChI=1S/C14H19NO2/c1-3-5-12(2)11-17-14-8-13(6-4-7-16)9-15-10-14/h8-10,12,16H,3,5,7,11H2,1-2H3. The molecule has 3 heteroatoms. The highest BCUT2D eigenvalue weighted by molar-refractivity contribution is 5.36. The van der Waals surface area contributed by atoms with Gasteiger partial charge >= 0.3 is 0 Å². The minimum atomic E-state index is -0.140. The summed E-state index contributed by atoms with van der Waals surface area (Å²) in [7, 11) is 0. The van der Waals surface area contributed by atoms with E-state index in [-0.39, 0.29) is 6.61 Å². The molecule has 0 aliphatic heterocycles. The van der Waals surface area contributed by atoms with Crippen molar-refractivity contribution in [3.8, 4) is 17.6 Å². The molecule has 0 saturated heterocycles. The van der Waals surface area contributed by atoms with Crippen molar-refractivity contribution in [2.45, 2.75) is 26.7 Å². The predicted octanol–water partition coefficient (Wildman–Crippen LogP) is 2.24. The Morgan fingerprint density at radius 1 is 1.47 bits per heavy atom. The highest BCUT2D eigenvalue weighted by Gasteiger charge is 2.02. The smallest absolute Gasteiger partial charge is 0.138 e. The molecule has 0 saturated carbocycles. The summed E-state index contributed by atoms with van der Waals surface area (Å²) >= 11 is 0. The third kappa shape index (κ3) is 5.37. The Hall–Kier alpha value is -1.53. The van der Waals surface area contributed by atoms with Crippen LogP contribution in [-0.2, 0) is 0 Å². The summed E-state index contributed by atoms with van der Waals surface area (Å²) < 4.78 is 5.65. The molecule has 0 bridgehead atoms. The van der Waals surface area contributed by atoms with Gasteiger partial charge in [-0.25, -0.2) is 0 Å². The van der Waals surface area contributed by atoms with Crippen LogP contribution in [0.15, 0.2) is 18.5 Å². The summed E-state index contributed by atoms with van der Waals surface area (Å²) in [6.07, 6.45) is 5.68. The average Bonchev–Trinajstić information content (AvgIpc) is 2.35. The molecule has 1 aromatic heterocycles. The summed E-state index contributed by atoms with van der Waals surface area (Å²) in [5.41, 5.74) is 0.764. The Bertz CT molecular complexity index is 393. The maximum Gasteiger partial charge on any atom is 0.138 e. The normalized spacial score (nSPS) is 11.5. The van der Waals surface area contributed by atoms with Gasteiger partial charge in [0.25, 0.3) is 0 Å². The van der Waals surface area contributed by atoms with E-state index in [2.05, 4.69) is 30.7 Å². The number of hydrogen-bond donors (Lipinski definition) is 1. The van der Waals surface area contributed by atoms with E-state index in [1.165, 1.54) is 6.42 Å². The number of rotatable bonds is 5. The van der Waals surface area contributed by atoms with Crippen LogP contribution in [0.5, 0.6) is 5.75 Å². The highest BCUT2D eigenvalue weighted by Crippen LogP contribution is 2.13. The molecule has 92 valence electrons. The van der Waals surface area contributed by atoms with Crippen molar-refractivity contribution in [3.63, 3.8) is 0 Å². The lowest BCUT2D eigenvalue weighted by Gasteiger charge is -2.11. The molecule has 17 heavy (non-hydrogen) atoms. The first kappa shape index (κ1) is 13.5. The van der Waals surface area contributed by atoms with Crippen molar-refractivity contribution >= 4 is 0 Å². The van der Waals surface area contributed by atoms with Gasteiger partial charge in [-0.1, -0.05) is 32.1 Å². The Balaban J connectivity index is 2.54. The summed E-state index contributed by atoms with van der Waals surface area (Å²) in [4.78, 5) is 4.05. The summed E-state index contributed by atoms with van der Waals surface area (Å²) in [6.45, 7) is 4.90. The van der Waals surface area contributed by atoms with E-state index >= 15 is 0 Å². The number of pyridine rings is 1. The molecule has 0 aliphatic rings. The highest BCUT2D eigenvalue weighted by atomic mass is 16.5. The monoisotopic (exact) mass is 233 g/mol. The molecule has 0 fully saturated rings. The molecule has 0 aliphatic carbocycles. The third-order valence-corrected chi connectivity index (χ3v) is 2.34. The summed E-state index contributed by atoms with van der Waals surface area (Å²) in [6, 6.07) is 1.84. The minimum Gasteiger partial charge on any atom is -0.492 e. The van der Waals surface area contributed by atoms with Crippen LogP contribution >= 0.6 is 0 Å². The van der Waals surface area contributed by atoms with E-state index < -0.39 is 0 Å². The molecule has 1 heterocycles. The topological polar surface area (TPSA) is 42.4 Å². The molecule has 1 aromatic rings. The van der Waals surface area contributed by atoms with Crippen LogP contribution in [0.4, 0.5) is 0 Å². The van der Waals surface area contributed by atoms with Crippen molar-refractivity contribution in [1.82, 2.24) is 4.98 Å². The molecule has 1 N–H and O–H groups in total. The molecule has 1 rings (SSSR count). The molecule has 0 radical (unpaired) electrons. The SMILES string of the molecule is CCCC(C)COc1cncc(C#CCO)c1. The second kappa shape index (κ2) is 7.70. The van der Waals surface area contributed by atoms with E-state index in [1.807, 2.05) is 6.07 Å². The summed E-state index contributed by atoms with van der Waals surface area (Å²) in [5, 5.41) is 8.61. The number of nitrogens with zero attached hydrogens (tertiary/aromatic N) is 1. The van der Waals surface area contributed by atoms with Gasteiger partial charge in [0.2, 0.25) is 0 Å². The van der Waals surface area contributed by atoms with E-state index in [0.717, 1.165) is 17.7 Å². The van der Waals surface area contributed by atoms with Crippen molar-refractivity contribution < 1.29 is 9.84 Å². The molecular weight excluding hydrogens is 214 g/mol. The van der Waals surface area contributed by atoms with Crippen molar-refractivity contribution in [2.75, 3.05) is 13.2 Å². The van der Waals surface area contributed by atoms with Gasteiger partial charge in [-0.2, -0.15) is 0 Å². The quantitative estimate of drug-likeness (QED) is 0.793. The Morgan fingerprint density at radius 2 is 2.29 bits per heavy atom. The minimum absolute atomic E-state index is 0.140. The fourth-order valence-corrected chi connectivity index (χ4v) is 1.52. The Morgan fingerprint density at radius 3 is 3.00 bits per heavy atom. The number of aliphatic hydroxyl groups excluding tert-OH is 1. The van der Waals surface area contributed by atoms with Crippen molar-refractivity contribution in [1.29, 1.82) is 0 Å². The maximum atomic E-state index is 8.61. The van der Waals surface area contributed by atoms with Gasteiger partial charge in [0.15, 0.2) is 0 Å². The van der Waals surface area contributed by atoms with Crippen molar-refractivity contribution in [2.24, 2.45) is 5.92 Å². The Labute approximate surface area is 103 Å². The molecule has 0 amide bonds. The van der Waals surface area contributed by atoms with Crippen LogP contribution in [0.3, 0.4) is 0 Å². The first-order valence-corrected chi connectivity index (χ1v) is 5.93. The van der Waals surface area contributed by atoms with Crippen molar-refractivity contribution in [3.05, 3.63) is 24.0 Å². The molecule has 0 aromatic carbocycles. The van der Waals surface area contributed by atoms with Gasteiger partial charge in [-0.05, 0) is 18.4 Å². The molecule has 3 nitrogen and oxygen atoms in total. The van der Waals surface area contributed by atoms with Gasteiger partial charge in [-0.15, -0.1) is 0 Å². The molecular formula is C14H19NO2. The molecule has 0 spiro atoms. The zero-order valence-corrected chi connectivity index (χ0v) is 10.4. The maximum absolute atomic E-state index is 8.61. The lowest BCUT2D eigenvalue weighted by molar-refractivity contribution is 0.250. The first-order valence-electron chi connectivity index (χ1n) is 5.93. The average molecular weight is 233 g/mol. The number of aromatic nitrogens is 1. The van der Waals surface area contributed by atoms with E-state index in [4.69, 9.17) is 9.84 Å². The second-order valence-corrected chi connectivity index (χ2v) is 4.07. The van der Waals surface area contributed by atoms with Crippen LogP contribution < -0.4 is 4.74 Å². The third-order valence-electron chi connectivity index (χ3n) is 2.34. The second-order valence-electron chi connectivity index (χ2n) is 4.07. The number of hydrogen-bond acceptors (Lipinski definition) is 3. The fourth-order valence-electron chi connectivity index (χ4n) is 1.52. The predicted molar refractivity (Wildman–Crippen MR) is 67.8 cm³/mol. The van der Waals surface area contributed by atoms with Gasteiger partial charge in [0.1, 0.15) is 12.4 Å². The van der Waals surface area contributed by atoms with Gasteiger partial charge in [-0.3, -0.25) is 4.98 Å². The lowest BCUT2D eigenvalue weighted by Crippen LogP contribution is -2.08. The van der Waals surface area contributed by atoms with Gasteiger partial charge in [0, 0.05) is 11.8 Å². The van der Waals surface area contributed by atoms with Crippen LogP contribution in [-0.4, -0.2) is 23.3 Å². The fraction of sp³-hybridized carbons (Fsp3) is 0.500. The number of aliphatic hydroxyl groups is 1. The lowest BCUT2D eigenvalue weighted by atomic mass is 10.1. The van der Waals surface area contributed by atoms with Gasteiger partial charge < -0.3 is 9.84 Å². The number of ether oxygens (including phenoxy) is 1. The van der Waals surface area contributed by atoms with Crippen LogP contribution in [0.25, 0.3) is 0 Å². The van der Waals surface area contributed by atoms with E-state index in [1.54, 1.807) is 12.4 Å². The van der Waals surface area contributed by atoms with Gasteiger partial charge in [0.05, 0.1) is 12.8 Å². The first-order chi connectivity index (χ1) is 8.26.